The van der Waals surface area contributed by atoms with Crippen LogP contribution in [-0.2, 0) is 9.22 Å². The average molecular weight is 331 g/mol. The second-order valence-electron chi connectivity index (χ2n) is 7.68. The fraction of sp³-hybridized carbons (Fsp3) is 0.867. The highest BCUT2D eigenvalue weighted by Crippen LogP contribution is 2.42. The Balaban J connectivity index is 3.05. The maximum atomic E-state index is 11.8. The molecular formula is C15H29NO5Si. The maximum absolute atomic E-state index is 11.8. The van der Waals surface area contributed by atoms with Crippen molar-refractivity contribution in [3.63, 3.8) is 0 Å². The van der Waals surface area contributed by atoms with Crippen molar-refractivity contribution in [2.75, 3.05) is 6.54 Å². The van der Waals surface area contributed by atoms with E-state index in [1.807, 2.05) is 6.92 Å². The maximum Gasteiger partial charge on any atom is 0.408 e. The third kappa shape index (κ3) is 3.46. The van der Waals surface area contributed by atoms with Crippen molar-refractivity contribution in [2.24, 2.45) is 0 Å². The molecule has 1 aliphatic rings. The van der Waals surface area contributed by atoms with Crippen LogP contribution in [0.2, 0.25) is 18.1 Å². The molecule has 0 unspecified atom stereocenters. The zero-order valence-corrected chi connectivity index (χ0v) is 15.5. The van der Waals surface area contributed by atoms with E-state index in [0.29, 0.717) is 12.8 Å². The highest BCUT2D eigenvalue weighted by Gasteiger charge is 2.55. The van der Waals surface area contributed by atoms with Crippen molar-refractivity contribution < 1.29 is 24.2 Å². The van der Waals surface area contributed by atoms with Crippen molar-refractivity contribution >= 4 is 20.4 Å². The minimum Gasteiger partial charge on any atom is -0.479 e. The first-order chi connectivity index (χ1) is 9.87. The standard InChI is InChI=1S/C15H29NO5Si/c1-7-8-15(12(17)18)9-11(10-16(15)13(19)20)21-22(5,6)14(2,3)4/h11H,7-10H2,1-6H3,(H,17,18)(H,19,20)/t11-,15-/m1/s1. The fourth-order valence-electron chi connectivity index (χ4n) is 2.82. The van der Waals surface area contributed by atoms with Crippen molar-refractivity contribution in [3.05, 3.63) is 0 Å². The van der Waals surface area contributed by atoms with Crippen molar-refractivity contribution in [1.82, 2.24) is 4.90 Å². The Morgan fingerprint density at radius 1 is 1.32 bits per heavy atom. The predicted octanol–water partition coefficient (Wildman–Crippen LogP) is 3.38. The third-order valence-corrected chi connectivity index (χ3v) is 9.56. The summed E-state index contributed by atoms with van der Waals surface area (Å²) in [5.41, 5.74) is -1.35. The number of carboxylic acids is 1. The second kappa shape index (κ2) is 6.20. The Hall–Kier alpha value is -1.08. The Bertz CT molecular complexity index is 446. The van der Waals surface area contributed by atoms with Crippen molar-refractivity contribution in [3.8, 4) is 0 Å². The van der Waals surface area contributed by atoms with E-state index in [-0.39, 0.29) is 24.1 Å². The van der Waals surface area contributed by atoms with Gasteiger partial charge in [-0.25, -0.2) is 9.59 Å². The minimum absolute atomic E-state index is 0.000281. The molecule has 0 aliphatic carbocycles. The van der Waals surface area contributed by atoms with E-state index < -0.39 is 25.9 Å². The molecule has 2 N–H and O–H groups in total. The second-order valence-corrected chi connectivity index (χ2v) is 12.4. The number of hydrogen-bond acceptors (Lipinski definition) is 3. The van der Waals surface area contributed by atoms with Crippen LogP contribution in [0.4, 0.5) is 4.79 Å². The summed E-state index contributed by atoms with van der Waals surface area (Å²) in [4.78, 5) is 24.4. The largest absolute Gasteiger partial charge is 0.479 e. The molecule has 0 aromatic heterocycles. The highest BCUT2D eigenvalue weighted by atomic mass is 28.4. The van der Waals surface area contributed by atoms with Crippen LogP contribution in [0.15, 0.2) is 0 Å². The summed E-state index contributed by atoms with van der Waals surface area (Å²) in [5.74, 6) is -1.07. The first-order valence-corrected chi connectivity index (χ1v) is 10.7. The summed E-state index contributed by atoms with van der Waals surface area (Å²) in [5, 5.41) is 19.1. The van der Waals surface area contributed by atoms with Crippen LogP contribution in [0.1, 0.15) is 47.0 Å². The molecule has 0 bridgehead atoms. The van der Waals surface area contributed by atoms with Gasteiger partial charge in [0.05, 0.1) is 12.6 Å². The molecule has 0 aromatic carbocycles. The molecule has 0 saturated carbocycles. The number of rotatable bonds is 5. The van der Waals surface area contributed by atoms with Crippen LogP contribution in [0, 0.1) is 0 Å². The molecule has 1 heterocycles. The molecule has 1 saturated heterocycles. The Morgan fingerprint density at radius 3 is 2.23 bits per heavy atom. The molecule has 2 atom stereocenters. The Morgan fingerprint density at radius 2 is 1.86 bits per heavy atom. The number of carboxylic acid groups (broad SMARTS) is 2. The summed E-state index contributed by atoms with van der Waals surface area (Å²) in [6.07, 6.45) is -0.374. The summed E-state index contributed by atoms with van der Waals surface area (Å²) in [7, 11) is -2.07. The van der Waals surface area contributed by atoms with Gasteiger partial charge in [0.15, 0.2) is 8.32 Å². The molecule has 7 heteroatoms. The number of carbonyl (C=O) groups is 2. The predicted molar refractivity (Wildman–Crippen MR) is 86.7 cm³/mol. The van der Waals surface area contributed by atoms with Crippen LogP contribution in [0.25, 0.3) is 0 Å². The first-order valence-electron chi connectivity index (χ1n) is 7.79. The van der Waals surface area contributed by atoms with Crippen LogP contribution in [0.5, 0.6) is 0 Å². The summed E-state index contributed by atoms with van der Waals surface area (Å²) in [6.45, 7) is 12.5. The van der Waals surface area contributed by atoms with Gasteiger partial charge in [-0.3, -0.25) is 4.90 Å². The number of aliphatic carboxylic acids is 1. The topological polar surface area (TPSA) is 87.1 Å². The van der Waals surface area contributed by atoms with Gasteiger partial charge in [-0.05, 0) is 24.6 Å². The SMILES string of the molecule is CCC[C@]1(C(=O)O)C[C@@H](O[Si](C)(C)C(C)(C)C)CN1C(=O)O. The zero-order valence-electron chi connectivity index (χ0n) is 14.5. The molecule has 1 rings (SSSR count). The van der Waals surface area contributed by atoms with Gasteiger partial charge in [0.25, 0.3) is 0 Å². The first kappa shape index (κ1) is 19.0. The molecule has 1 amide bonds. The van der Waals surface area contributed by atoms with Crippen LogP contribution >= 0.6 is 0 Å². The summed E-state index contributed by atoms with van der Waals surface area (Å²) in [6, 6.07) is 0. The third-order valence-electron chi connectivity index (χ3n) is 5.03. The molecule has 128 valence electrons. The van der Waals surface area contributed by atoms with E-state index in [1.165, 1.54) is 0 Å². The normalized spacial score (nSPS) is 26.3. The molecule has 6 nitrogen and oxygen atoms in total. The molecule has 1 fully saturated rings. The quantitative estimate of drug-likeness (QED) is 0.754. The van der Waals surface area contributed by atoms with E-state index in [2.05, 4.69) is 33.9 Å². The van der Waals surface area contributed by atoms with E-state index in [4.69, 9.17) is 4.43 Å². The van der Waals surface area contributed by atoms with E-state index in [1.54, 1.807) is 0 Å². The van der Waals surface area contributed by atoms with Gasteiger partial charge in [-0.15, -0.1) is 0 Å². The number of likely N-dealkylation sites (tertiary alicyclic amines) is 1. The molecular weight excluding hydrogens is 302 g/mol. The molecule has 22 heavy (non-hydrogen) atoms. The lowest BCUT2D eigenvalue weighted by Gasteiger charge is -2.38. The number of amides is 1. The zero-order chi connectivity index (χ0) is 17.3. The van der Waals surface area contributed by atoms with Crippen LogP contribution in [0.3, 0.4) is 0 Å². The van der Waals surface area contributed by atoms with E-state index in [0.717, 1.165) is 4.90 Å². The lowest BCUT2D eigenvalue weighted by molar-refractivity contribution is -0.149. The number of hydrogen-bond donors (Lipinski definition) is 2. The van der Waals surface area contributed by atoms with Gasteiger partial charge in [-0.1, -0.05) is 34.1 Å². The molecule has 0 radical (unpaired) electrons. The van der Waals surface area contributed by atoms with E-state index in [9.17, 15) is 19.8 Å². The van der Waals surface area contributed by atoms with Crippen LogP contribution < -0.4 is 0 Å². The Labute approximate surface area is 133 Å². The number of nitrogens with zero attached hydrogens (tertiary/aromatic N) is 1. The van der Waals surface area contributed by atoms with E-state index >= 15 is 0 Å². The van der Waals surface area contributed by atoms with Crippen molar-refractivity contribution in [2.45, 2.75) is 76.7 Å². The minimum atomic E-state index is -2.07. The van der Waals surface area contributed by atoms with Gasteiger partial charge in [0.2, 0.25) is 0 Å². The molecule has 0 spiro atoms. The van der Waals surface area contributed by atoms with Gasteiger partial charge in [0.1, 0.15) is 5.54 Å². The highest BCUT2D eigenvalue weighted by molar-refractivity contribution is 6.74. The Kier molecular flexibility index (Phi) is 5.34. The lowest BCUT2D eigenvalue weighted by Crippen LogP contribution is -2.52. The summed E-state index contributed by atoms with van der Waals surface area (Å²) < 4.78 is 6.27. The van der Waals surface area contributed by atoms with Crippen LogP contribution in [-0.4, -0.2) is 53.7 Å². The van der Waals surface area contributed by atoms with Crippen molar-refractivity contribution in [1.29, 1.82) is 0 Å². The average Bonchev–Trinajstić information content (AvgIpc) is 2.67. The monoisotopic (exact) mass is 331 g/mol. The van der Waals surface area contributed by atoms with Gasteiger partial charge < -0.3 is 14.6 Å². The molecule has 0 aromatic rings. The molecule has 1 aliphatic heterocycles. The van der Waals surface area contributed by atoms with Gasteiger partial charge in [-0.2, -0.15) is 0 Å². The summed E-state index contributed by atoms with van der Waals surface area (Å²) >= 11 is 0. The smallest absolute Gasteiger partial charge is 0.408 e. The lowest BCUT2D eigenvalue weighted by atomic mass is 9.90. The van der Waals surface area contributed by atoms with Gasteiger partial charge in [0, 0.05) is 6.42 Å². The fourth-order valence-corrected chi connectivity index (χ4v) is 4.17. The van der Waals surface area contributed by atoms with Gasteiger partial charge >= 0.3 is 12.1 Å².